The number of hydrogen-bond donors (Lipinski definition) is 1. The Morgan fingerprint density at radius 3 is 2.56 bits per heavy atom. The Hall–Kier alpha value is -2.38. The summed E-state index contributed by atoms with van der Waals surface area (Å²) in [4.78, 5) is 36.0. The zero-order valence-corrected chi connectivity index (χ0v) is 13.6. The van der Waals surface area contributed by atoms with Gasteiger partial charge in [0.15, 0.2) is 0 Å². The van der Waals surface area contributed by atoms with Crippen LogP contribution in [0.1, 0.15) is 41.6 Å². The molecule has 1 fully saturated rings. The lowest BCUT2D eigenvalue weighted by atomic mass is 9.83. The van der Waals surface area contributed by atoms with E-state index in [1.54, 1.807) is 0 Å². The lowest BCUT2D eigenvalue weighted by Crippen LogP contribution is -2.48. The van der Waals surface area contributed by atoms with Gasteiger partial charge in [0.25, 0.3) is 5.91 Å². The van der Waals surface area contributed by atoms with E-state index >= 15 is 0 Å². The molecule has 1 N–H and O–H groups in total. The first-order chi connectivity index (χ1) is 11.7. The number of halogens is 3. The molecule has 2 atom stereocenters. The van der Waals surface area contributed by atoms with Gasteiger partial charge in [0.2, 0.25) is 0 Å². The third-order valence-electron chi connectivity index (χ3n) is 4.21. The SMILES string of the molecule is COC(=O)[C@@H](NC(=O)c1ccccc1C(F)(F)F)[C@H]1CCCC(=O)C1. The standard InChI is InChI=1S/C17H18F3NO4/c1-25-16(24)14(10-5-4-6-11(22)9-10)21-15(23)12-7-2-3-8-13(12)17(18,19)20/h2-3,7-8,10,14H,4-6,9H2,1H3,(H,21,23)/t10-,14-/m0/s1. The number of methoxy groups -OCH3 is 1. The number of Topliss-reactive ketones (excluding diaryl/α,β-unsaturated/α-hetero) is 1. The normalized spacial score (nSPS) is 19.2. The van der Waals surface area contributed by atoms with E-state index in [0.29, 0.717) is 19.3 Å². The average Bonchev–Trinajstić information content (AvgIpc) is 2.58. The topological polar surface area (TPSA) is 72.5 Å². The third kappa shape index (κ3) is 4.58. The minimum Gasteiger partial charge on any atom is -0.467 e. The largest absolute Gasteiger partial charge is 0.467 e. The number of ether oxygens (including phenoxy) is 1. The number of hydrogen-bond acceptors (Lipinski definition) is 4. The molecule has 0 spiro atoms. The predicted octanol–water partition coefficient (Wildman–Crippen LogP) is 2.74. The van der Waals surface area contributed by atoms with E-state index in [0.717, 1.165) is 19.2 Å². The molecule has 0 unspecified atom stereocenters. The molecule has 2 rings (SSSR count). The van der Waals surface area contributed by atoms with Gasteiger partial charge >= 0.3 is 12.1 Å². The summed E-state index contributed by atoms with van der Waals surface area (Å²) >= 11 is 0. The van der Waals surface area contributed by atoms with Crippen LogP contribution in [0.3, 0.4) is 0 Å². The van der Waals surface area contributed by atoms with Crippen LogP contribution >= 0.6 is 0 Å². The Morgan fingerprint density at radius 2 is 1.96 bits per heavy atom. The van der Waals surface area contributed by atoms with E-state index in [1.165, 1.54) is 12.1 Å². The summed E-state index contributed by atoms with van der Waals surface area (Å²) < 4.78 is 43.8. The van der Waals surface area contributed by atoms with Gasteiger partial charge < -0.3 is 10.1 Å². The maximum absolute atomic E-state index is 13.1. The van der Waals surface area contributed by atoms with Gasteiger partial charge in [-0.05, 0) is 30.9 Å². The van der Waals surface area contributed by atoms with Crippen LogP contribution in [0.25, 0.3) is 0 Å². The molecule has 25 heavy (non-hydrogen) atoms. The fourth-order valence-corrected chi connectivity index (χ4v) is 2.99. The summed E-state index contributed by atoms with van der Waals surface area (Å²) in [6.45, 7) is 0. The van der Waals surface area contributed by atoms with Crippen LogP contribution in [0.4, 0.5) is 13.2 Å². The van der Waals surface area contributed by atoms with Gasteiger partial charge in [0.1, 0.15) is 11.8 Å². The number of benzene rings is 1. The summed E-state index contributed by atoms with van der Waals surface area (Å²) in [6.07, 6.45) is -3.15. The van der Waals surface area contributed by atoms with E-state index < -0.39 is 41.1 Å². The van der Waals surface area contributed by atoms with Gasteiger partial charge in [-0.3, -0.25) is 9.59 Å². The van der Waals surface area contributed by atoms with Crippen molar-refractivity contribution < 1.29 is 32.3 Å². The van der Waals surface area contributed by atoms with Crippen LogP contribution in [-0.4, -0.2) is 30.8 Å². The van der Waals surface area contributed by atoms with E-state index in [1.807, 2.05) is 0 Å². The molecule has 1 amide bonds. The van der Waals surface area contributed by atoms with Crippen LogP contribution in [0.5, 0.6) is 0 Å². The molecular formula is C17H18F3NO4. The first kappa shape index (κ1) is 19.0. The highest BCUT2D eigenvalue weighted by atomic mass is 19.4. The molecular weight excluding hydrogens is 339 g/mol. The number of alkyl halides is 3. The molecule has 0 saturated heterocycles. The fourth-order valence-electron chi connectivity index (χ4n) is 2.99. The molecule has 0 bridgehead atoms. The van der Waals surface area contributed by atoms with Crippen molar-refractivity contribution in [3.05, 3.63) is 35.4 Å². The maximum atomic E-state index is 13.1. The first-order valence-electron chi connectivity index (χ1n) is 7.80. The quantitative estimate of drug-likeness (QED) is 0.841. The number of carbonyl (C=O) groups is 3. The summed E-state index contributed by atoms with van der Waals surface area (Å²) in [6, 6.07) is 3.16. The number of nitrogens with one attached hydrogen (secondary N) is 1. The Labute approximate surface area is 142 Å². The zero-order valence-electron chi connectivity index (χ0n) is 13.6. The van der Waals surface area contributed by atoms with Crippen molar-refractivity contribution in [2.45, 2.75) is 37.9 Å². The Morgan fingerprint density at radius 1 is 1.28 bits per heavy atom. The van der Waals surface area contributed by atoms with E-state index in [9.17, 15) is 27.6 Å². The highest BCUT2D eigenvalue weighted by Gasteiger charge is 2.38. The molecule has 0 heterocycles. The number of carbonyl (C=O) groups excluding carboxylic acids is 3. The minimum atomic E-state index is -4.70. The Bertz CT molecular complexity index is 672. The molecule has 1 aliphatic carbocycles. The molecule has 5 nitrogen and oxygen atoms in total. The summed E-state index contributed by atoms with van der Waals surface area (Å²) in [7, 11) is 1.12. The van der Waals surface area contributed by atoms with E-state index in [4.69, 9.17) is 0 Å². The van der Waals surface area contributed by atoms with Crippen molar-refractivity contribution in [2.24, 2.45) is 5.92 Å². The first-order valence-corrected chi connectivity index (χ1v) is 7.80. The van der Waals surface area contributed by atoms with Crippen molar-refractivity contribution in [2.75, 3.05) is 7.11 Å². The number of rotatable bonds is 4. The summed E-state index contributed by atoms with van der Waals surface area (Å²) in [5.74, 6) is -2.34. The van der Waals surface area contributed by atoms with Gasteiger partial charge in [-0.1, -0.05) is 12.1 Å². The number of amides is 1. The van der Waals surface area contributed by atoms with Crippen molar-refractivity contribution in [1.82, 2.24) is 5.32 Å². The van der Waals surface area contributed by atoms with E-state index in [2.05, 4.69) is 10.1 Å². The van der Waals surface area contributed by atoms with Crippen LogP contribution in [0.2, 0.25) is 0 Å². The lowest BCUT2D eigenvalue weighted by molar-refractivity contribution is -0.145. The highest BCUT2D eigenvalue weighted by molar-refractivity contribution is 5.98. The Balaban J connectivity index is 2.26. The average molecular weight is 357 g/mol. The second kappa shape index (κ2) is 7.67. The molecule has 1 aromatic rings. The molecule has 0 aliphatic heterocycles. The molecule has 1 saturated carbocycles. The van der Waals surface area contributed by atoms with Crippen LogP contribution in [0, 0.1) is 5.92 Å². The molecule has 1 aliphatic rings. The molecule has 136 valence electrons. The molecule has 0 radical (unpaired) electrons. The van der Waals surface area contributed by atoms with Gasteiger partial charge in [-0.15, -0.1) is 0 Å². The van der Waals surface area contributed by atoms with Crippen molar-refractivity contribution in [3.8, 4) is 0 Å². The van der Waals surface area contributed by atoms with Gasteiger partial charge in [-0.25, -0.2) is 4.79 Å². The Kier molecular flexibility index (Phi) is 5.81. The van der Waals surface area contributed by atoms with Crippen LogP contribution in [0.15, 0.2) is 24.3 Å². The van der Waals surface area contributed by atoms with Gasteiger partial charge in [-0.2, -0.15) is 13.2 Å². The maximum Gasteiger partial charge on any atom is 0.417 e. The highest BCUT2D eigenvalue weighted by Crippen LogP contribution is 2.32. The van der Waals surface area contributed by atoms with E-state index in [-0.39, 0.29) is 12.2 Å². The predicted molar refractivity (Wildman–Crippen MR) is 81.7 cm³/mol. The molecule has 0 aromatic heterocycles. The van der Waals surface area contributed by atoms with Crippen LogP contribution < -0.4 is 5.32 Å². The second-order valence-corrected chi connectivity index (χ2v) is 5.91. The number of ketones is 1. The molecule has 1 aromatic carbocycles. The number of esters is 1. The van der Waals surface area contributed by atoms with Crippen molar-refractivity contribution in [1.29, 1.82) is 0 Å². The zero-order chi connectivity index (χ0) is 18.6. The molecule has 8 heteroatoms. The summed E-state index contributed by atoms with van der Waals surface area (Å²) in [5, 5.41) is 2.32. The smallest absolute Gasteiger partial charge is 0.417 e. The van der Waals surface area contributed by atoms with Gasteiger partial charge in [0.05, 0.1) is 18.2 Å². The second-order valence-electron chi connectivity index (χ2n) is 5.91. The van der Waals surface area contributed by atoms with Crippen molar-refractivity contribution >= 4 is 17.7 Å². The minimum absolute atomic E-state index is 0.0462. The fraction of sp³-hybridized carbons (Fsp3) is 0.471. The van der Waals surface area contributed by atoms with Crippen LogP contribution in [-0.2, 0) is 20.5 Å². The summed E-state index contributed by atoms with van der Waals surface area (Å²) in [5.41, 5.74) is -1.66. The lowest BCUT2D eigenvalue weighted by Gasteiger charge is -2.28. The third-order valence-corrected chi connectivity index (χ3v) is 4.21. The van der Waals surface area contributed by atoms with Gasteiger partial charge in [0, 0.05) is 12.8 Å². The van der Waals surface area contributed by atoms with Crippen molar-refractivity contribution in [3.63, 3.8) is 0 Å². The monoisotopic (exact) mass is 357 g/mol.